The lowest BCUT2D eigenvalue weighted by molar-refractivity contribution is -0.274. The minimum atomic E-state index is -4.87. The van der Waals surface area contributed by atoms with Crippen LogP contribution in [0.1, 0.15) is 41.0 Å². The number of ether oxygens (including phenoxy) is 2. The van der Waals surface area contributed by atoms with E-state index < -0.39 is 23.8 Å². The quantitative estimate of drug-likeness (QED) is 0.480. The lowest BCUT2D eigenvalue weighted by Gasteiger charge is -2.23. The first kappa shape index (κ1) is 26.6. The number of aliphatic imine (C=N–C) groups is 1. The molecule has 0 bridgehead atoms. The second kappa shape index (κ2) is 10.5. The van der Waals surface area contributed by atoms with Gasteiger partial charge >= 0.3 is 12.5 Å². The number of hydrogen-bond acceptors (Lipinski definition) is 5. The van der Waals surface area contributed by atoms with Crippen molar-refractivity contribution in [2.45, 2.75) is 53.0 Å². The summed E-state index contributed by atoms with van der Waals surface area (Å²) in [6.07, 6.45) is -2.36. The zero-order valence-electron chi connectivity index (χ0n) is 19.3. The SMILES string of the molecule is C=C(/N=C1/CN(C(=O)OC(C)(C)C)C/C1=C/C(C)CC)Nc1ccc(Cl)c(OC(F)(F)F)c1. The zero-order valence-corrected chi connectivity index (χ0v) is 20.1. The first-order valence-electron chi connectivity index (χ1n) is 10.4. The Morgan fingerprint density at radius 2 is 2.00 bits per heavy atom. The third-order valence-corrected chi connectivity index (χ3v) is 4.88. The maximum Gasteiger partial charge on any atom is 0.573 e. The van der Waals surface area contributed by atoms with Gasteiger partial charge in [0.15, 0.2) is 0 Å². The summed E-state index contributed by atoms with van der Waals surface area (Å²) in [5.41, 5.74) is 1.13. The Hall–Kier alpha value is -2.68. The average molecular weight is 488 g/mol. The second-order valence-electron chi connectivity index (χ2n) is 8.74. The third-order valence-electron chi connectivity index (χ3n) is 4.57. The Morgan fingerprint density at radius 3 is 2.58 bits per heavy atom. The molecule has 0 aliphatic carbocycles. The summed E-state index contributed by atoms with van der Waals surface area (Å²) in [5, 5.41) is 2.66. The van der Waals surface area contributed by atoms with E-state index in [4.69, 9.17) is 16.3 Å². The Morgan fingerprint density at radius 1 is 1.33 bits per heavy atom. The molecule has 182 valence electrons. The largest absolute Gasteiger partial charge is 0.573 e. The number of halogens is 4. The molecule has 6 nitrogen and oxygen atoms in total. The number of rotatable bonds is 6. The fourth-order valence-corrected chi connectivity index (χ4v) is 3.11. The van der Waals surface area contributed by atoms with Crippen molar-refractivity contribution >= 4 is 29.1 Å². The van der Waals surface area contributed by atoms with E-state index in [-0.39, 0.29) is 29.0 Å². The van der Waals surface area contributed by atoms with Crippen LogP contribution >= 0.6 is 11.6 Å². The topological polar surface area (TPSA) is 63.2 Å². The molecule has 33 heavy (non-hydrogen) atoms. The van der Waals surface area contributed by atoms with Crippen LogP contribution in [0.2, 0.25) is 5.02 Å². The number of benzene rings is 1. The van der Waals surface area contributed by atoms with Gasteiger partial charge in [-0.25, -0.2) is 9.79 Å². The van der Waals surface area contributed by atoms with Gasteiger partial charge < -0.3 is 14.8 Å². The molecule has 1 aromatic rings. The van der Waals surface area contributed by atoms with Crippen molar-refractivity contribution in [1.29, 1.82) is 0 Å². The third kappa shape index (κ3) is 8.64. The molecular formula is C23H29ClF3N3O3. The van der Waals surface area contributed by atoms with E-state index in [0.29, 0.717) is 12.3 Å². The molecule has 0 saturated carbocycles. The minimum Gasteiger partial charge on any atom is -0.444 e. The molecule has 1 fully saturated rings. The highest BCUT2D eigenvalue weighted by molar-refractivity contribution is 6.32. The summed E-state index contributed by atoms with van der Waals surface area (Å²) in [5.74, 6) is -0.0846. The van der Waals surface area contributed by atoms with Crippen LogP contribution < -0.4 is 10.1 Å². The summed E-state index contributed by atoms with van der Waals surface area (Å²) in [6.45, 7) is 13.9. The highest BCUT2D eigenvalue weighted by Crippen LogP contribution is 2.33. The van der Waals surface area contributed by atoms with Crippen molar-refractivity contribution in [2.24, 2.45) is 10.9 Å². The lowest BCUT2D eigenvalue weighted by atomic mass is 10.0. The van der Waals surface area contributed by atoms with Gasteiger partial charge in [-0.2, -0.15) is 0 Å². The molecule has 0 aromatic heterocycles. The summed E-state index contributed by atoms with van der Waals surface area (Å²) >= 11 is 5.79. The van der Waals surface area contributed by atoms with Crippen LogP contribution in [0.25, 0.3) is 0 Å². The van der Waals surface area contributed by atoms with Gasteiger partial charge in [0.2, 0.25) is 0 Å². The minimum absolute atomic E-state index is 0.183. The highest BCUT2D eigenvalue weighted by atomic mass is 35.5. The first-order valence-corrected chi connectivity index (χ1v) is 10.8. The van der Waals surface area contributed by atoms with Gasteiger partial charge in [-0.15, -0.1) is 13.2 Å². The van der Waals surface area contributed by atoms with Crippen LogP contribution in [0.15, 0.2) is 47.2 Å². The Kier molecular flexibility index (Phi) is 8.46. The van der Waals surface area contributed by atoms with Gasteiger partial charge in [0.1, 0.15) is 17.2 Å². The molecule has 1 aliphatic heterocycles. The number of alkyl halides is 3. The van der Waals surface area contributed by atoms with Gasteiger partial charge in [0, 0.05) is 11.8 Å². The van der Waals surface area contributed by atoms with Gasteiger partial charge in [0.05, 0.1) is 23.8 Å². The van der Waals surface area contributed by atoms with Gasteiger partial charge in [-0.05, 0) is 44.4 Å². The maximum atomic E-state index is 12.6. The van der Waals surface area contributed by atoms with Crippen molar-refractivity contribution in [3.63, 3.8) is 0 Å². The number of hydrogen-bond donors (Lipinski definition) is 1. The van der Waals surface area contributed by atoms with Crippen molar-refractivity contribution in [3.8, 4) is 5.75 Å². The molecule has 1 N–H and O–H groups in total. The fraction of sp³-hybridized carbons (Fsp3) is 0.478. The van der Waals surface area contributed by atoms with Gasteiger partial charge in [0.25, 0.3) is 0 Å². The number of anilines is 1. The molecule has 1 unspecified atom stereocenters. The molecule has 1 atom stereocenters. The van der Waals surface area contributed by atoms with E-state index in [0.717, 1.165) is 18.1 Å². The van der Waals surface area contributed by atoms with Crippen molar-refractivity contribution < 1.29 is 27.4 Å². The second-order valence-corrected chi connectivity index (χ2v) is 9.14. The number of carbonyl (C=O) groups excluding carboxylic acids is 1. The Balaban J connectivity index is 2.23. The summed E-state index contributed by atoms with van der Waals surface area (Å²) < 4.78 is 47.1. The number of likely N-dealkylation sites (tertiary alicyclic amines) is 1. The summed E-state index contributed by atoms with van der Waals surface area (Å²) in [4.78, 5) is 18.6. The van der Waals surface area contributed by atoms with Crippen LogP contribution in [-0.4, -0.2) is 41.8 Å². The van der Waals surface area contributed by atoms with E-state index in [1.54, 1.807) is 25.7 Å². The predicted molar refractivity (Wildman–Crippen MR) is 124 cm³/mol. The molecule has 0 spiro atoms. The standard InChI is InChI=1S/C23H29ClF3N3O3/c1-7-14(2)10-16-12-30(21(31)33-22(4,5)6)13-19(16)29-15(3)28-17-8-9-18(24)20(11-17)32-23(25,26)27/h8-11,14,28H,3,7,12-13H2,1-2,4-6H3/b16-10-,29-19-. The summed E-state index contributed by atoms with van der Waals surface area (Å²) in [7, 11) is 0. The number of amides is 1. The zero-order chi connectivity index (χ0) is 25.0. The first-order chi connectivity index (χ1) is 15.2. The van der Waals surface area contributed by atoms with E-state index >= 15 is 0 Å². The molecule has 0 radical (unpaired) electrons. The van der Waals surface area contributed by atoms with Crippen LogP contribution in [0, 0.1) is 5.92 Å². The van der Waals surface area contributed by atoms with Crippen LogP contribution in [-0.2, 0) is 4.74 Å². The number of nitrogens with one attached hydrogen (secondary N) is 1. The number of carbonyl (C=O) groups is 1. The molecule has 10 heteroatoms. The molecule has 1 aliphatic rings. The summed E-state index contributed by atoms with van der Waals surface area (Å²) in [6, 6.07) is 3.87. The average Bonchev–Trinajstić information content (AvgIpc) is 3.04. The Bertz CT molecular complexity index is 952. The van der Waals surface area contributed by atoms with E-state index in [2.05, 4.69) is 35.5 Å². The molecule has 2 rings (SSSR count). The van der Waals surface area contributed by atoms with Crippen LogP contribution in [0.4, 0.5) is 23.7 Å². The highest BCUT2D eigenvalue weighted by Gasteiger charge is 2.33. The molecule has 1 aromatic carbocycles. The van der Waals surface area contributed by atoms with Crippen molar-refractivity contribution in [3.05, 3.63) is 47.3 Å². The van der Waals surface area contributed by atoms with Crippen LogP contribution in [0.5, 0.6) is 5.75 Å². The number of allylic oxidation sites excluding steroid dienone is 1. The maximum absolute atomic E-state index is 12.6. The Labute approximate surface area is 197 Å². The molecular weight excluding hydrogens is 459 g/mol. The van der Waals surface area contributed by atoms with Crippen LogP contribution in [0.3, 0.4) is 0 Å². The molecule has 1 amide bonds. The molecule has 1 saturated heterocycles. The molecule has 1 heterocycles. The van der Waals surface area contributed by atoms with Gasteiger partial charge in [-0.1, -0.05) is 44.5 Å². The fourth-order valence-electron chi connectivity index (χ4n) is 2.95. The van der Waals surface area contributed by atoms with Crippen molar-refractivity contribution in [2.75, 3.05) is 18.4 Å². The van der Waals surface area contributed by atoms with E-state index in [1.165, 1.54) is 12.1 Å². The van der Waals surface area contributed by atoms with Crippen molar-refractivity contribution in [1.82, 2.24) is 4.90 Å². The lowest BCUT2D eigenvalue weighted by Crippen LogP contribution is -2.35. The number of nitrogens with zero attached hydrogens (tertiary/aromatic N) is 2. The predicted octanol–water partition coefficient (Wildman–Crippen LogP) is 6.79. The monoisotopic (exact) mass is 487 g/mol. The van der Waals surface area contributed by atoms with E-state index in [1.807, 2.05) is 6.08 Å². The van der Waals surface area contributed by atoms with E-state index in [9.17, 15) is 18.0 Å². The normalized spacial score (nSPS) is 17.9. The smallest absolute Gasteiger partial charge is 0.444 e. The van der Waals surface area contributed by atoms with Gasteiger partial charge in [-0.3, -0.25) is 4.90 Å².